The fourth-order valence-electron chi connectivity index (χ4n) is 1.66. The van der Waals surface area contributed by atoms with Crippen molar-refractivity contribution in [2.45, 2.75) is 13.1 Å². The molecule has 3 nitrogen and oxygen atoms in total. The van der Waals surface area contributed by atoms with Crippen LogP contribution in [0.15, 0.2) is 33.4 Å². The van der Waals surface area contributed by atoms with Crippen molar-refractivity contribution in [2.24, 2.45) is 0 Å². The van der Waals surface area contributed by atoms with E-state index in [2.05, 4.69) is 44.3 Å². The Balaban J connectivity index is 1.95. The molecule has 0 fully saturated rings. The van der Waals surface area contributed by atoms with Crippen molar-refractivity contribution in [3.8, 4) is 0 Å². The van der Waals surface area contributed by atoms with E-state index in [1.807, 2.05) is 12.1 Å². The van der Waals surface area contributed by atoms with E-state index in [4.69, 9.17) is 5.73 Å². The molecular weight excluding hydrogens is 298 g/mol. The Hall–Kier alpha value is -0.910. The van der Waals surface area contributed by atoms with E-state index in [1.54, 1.807) is 17.4 Å². The van der Waals surface area contributed by atoms with E-state index in [1.165, 1.54) is 9.35 Å². The minimum atomic E-state index is 0.578. The molecular formula is C12H14BrN3S. The molecule has 17 heavy (non-hydrogen) atoms. The number of hydrogen-bond acceptors (Lipinski definition) is 4. The number of nitrogen functional groups attached to an aromatic ring is 1. The van der Waals surface area contributed by atoms with Crippen molar-refractivity contribution in [3.05, 3.63) is 44.7 Å². The van der Waals surface area contributed by atoms with Gasteiger partial charge in [-0.15, -0.1) is 11.3 Å². The van der Waals surface area contributed by atoms with Gasteiger partial charge >= 0.3 is 0 Å². The van der Waals surface area contributed by atoms with Crippen LogP contribution in [-0.4, -0.2) is 16.9 Å². The van der Waals surface area contributed by atoms with Crippen molar-refractivity contribution >= 4 is 33.1 Å². The second kappa shape index (κ2) is 5.62. The molecule has 2 heterocycles. The van der Waals surface area contributed by atoms with Crippen LogP contribution in [0.25, 0.3) is 0 Å². The number of halogens is 1. The van der Waals surface area contributed by atoms with E-state index in [-0.39, 0.29) is 0 Å². The molecule has 0 atom stereocenters. The lowest BCUT2D eigenvalue weighted by molar-refractivity contribution is 0.315. The molecule has 2 N–H and O–H groups in total. The first-order valence-electron chi connectivity index (χ1n) is 5.26. The smallest absolute Gasteiger partial charge is 0.123 e. The zero-order chi connectivity index (χ0) is 12.3. The number of nitrogens with two attached hydrogens (primary N) is 1. The largest absolute Gasteiger partial charge is 0.384 e. The third-order valence-electron chi connectivity index (χ3n) is 2.33. The van der Waals surface area contributed by atoms with Gasteiger partial charge in [-0.05, 0) is 52.1 Å². The summed E-state index contributed by atoms with van der Waals surface area (Å²) in [5.41, 5.74) is 7.97. The first-order valence-corrected chi connectivity index (χ1v) is 6.93. The van der Waals surface area contributed by atoms with Gasteiger partial charge in [0.25, 0.3) is 0 Å². The average molecular weight is 312 g/mol. The summed E-state index contributed by atoms with van der Waals surface area (Å²) in [4.78, 5) is 6.51. The van der Waals surface area contributed by atoms with Crippen LogP contribution in [0.5, 0.6) is 0 Å². The molecule has 0 radical (unpaired) electrons. The highest BCUT2D eigenvalue weighted by atomic mass is 79.9. The average Bonchev–Trinajstić information content (AvgIpc) is 2.63. The van der Waals surface area contributed by atoms with Gasteiger partial charge in [0.05, 0.1) is 9.48 Å². The lowest BCUT2D eigenvalue weighted by atomic mass is 10.3. The van der Waals surface area contributed by atoms with Gasteiger partial charge in [0, 0.05) is 13.1 Å². The first-order chi connectivity index (χ1) is 8.13. The lowest BCUT2D eigenvalue weighted by Crippen LogP contribution is -2.17. The highest BCUT2D eigenvalue weighted by molar-refractivity contribution is 9.11. The summed E-state index contributed by atoms with van der Waals surface area (Å²) in [5, 5.41) is 2.16. The van der Waals surface area contributed by atoms with Crippen LogP contribution < -0.4 is 5.73 Å². The van der Waals surface area contributed by atoms with Crippen molar-refractivity contribution in [1.82, 2.24) is 9.88 Å². The second-order valence-electron chi connectivity index (χ2n) is 3.99. The highest BCUT2D eigenvalue weighted by Gasteiger charge is 2.04. The van der Waals surface area contributed by atoms with Crippen LogP contribution in [0.3, 0.4) is 0 Å². The molecule has 0 aliphatic carbocycles. The number of thiophene rings is 1. The first kappa shape index (κ1) is 12.5. The van der Waals surface area contributed by atoms with Crippen LogP contribution in [0, 0.1) is 0 Å². The fraction of sp³-hybridized carbons (Fsp3) is 0.250. The fourth-order valence-corrected chi connectivity index (χ4v) is 2.86. The van der Waals surface area contributed by atoms with Crippen molar-refractivity contribution < 1.29 is 0 Å². The van der Waals surface area contributed by atoms with Crippen molar-refractivity contribution in [2.75, 3.05) is 12.8 Å². The third-order valence-corrected chi connectivity index (χ3v) is 3.89. The van der Waals surface area contributed by atoms with Gasteiger partial charge in [-0.25, -0.2) is 4.98 Å². The molecule has 0 aliphatic rings. The van der Waals surface area contributed by atoms with Gasteiger partial charge in [-0.3, -0.25) is 4.90 Å². The van der Waals surface area contributed by atoms with Gasteiger partial charge in [0.1, 0.15) is 5.82 Å². The van der Waals surface area contributed by atoms with Crippen LogP contribution in [-0.2, 0) is 13.1 Å². The quantitative estimate of drug-likeness (QED) is 0.943. The summed E-state index contributed by atoms with van der Waals surface area (Å²) in [5.74, 6) is 0.578. The summed E-state index contributed by atoms with van der Waals surface area (Å²) >= 11 is 5.18. The van der Waals surface area contributed by atoms with Crippen molar-refractivity contribution in [3.63, 3.8) is 0 Å². The molecule has 0 spiro atoms. The van der Waals surface area contributed by atoms with Gasteiger partial charge < -0.3 is 5.73 Å². The SMILES string of the molecule is CN(Cc1csc(Br)c1)Cc1cccc(N)n1. The third kappa shape index (κ3) is 3.80. The second-order valence-corrected chi connectivity index (χ2v) is 6.28. The highest BCUT2D eigenvalue weighted by Crippen LogP contribution is 2.21. The molecule has 5 heteroatoms. The maximum absolute atomic E-state index is 5.66. The Morgan fingerprint density at radius 2 is 2.24 bits per heavy atom. The molecule has 0 aromatic carbocycles. The van der Waals surface area contributed by atoms with Gasteiger partial charge in [-0.1, -0.05) is 6.07 Å². The van der Waals surface area contributed by atoms with E-state index in [0.717, 1.165) is 18.8 Å². The van der Waals surface area contributed by atoms with Crippen LogP contribution >= 0.6 is 27.3 Å². The number of aromatic nitrogens is 1. The summed E-state index contributed by atoms with van der Waals surface area (Å²) in [6.07, 6.45) is 0. The van der Waals surface area contributed by atoms with E-state index < -0.39 is 0 Å². The van der Waals surface area contributed by atoms with Crippen LogP contribution in [0.1, 0.15) is 11.3 Å². The number of pyridine rings is 1. The molecule has 0 saturated carbocycles. The minimum absolute atomic E-state index is 0.578. The predicted molar refractivity (Wildman–Crippen MR) is 75.8 cm³/mol. The summed E-state index contributed by atoms with van der Waals surface area (Å²) in [6.45, 7) is 1.72. The normalized spacial score (nSPS) is 11.0. The Morgan fingerprint density at radius 3 is 2.88 bits per heavy atom. The van der Waals surface area contributed by atoms with Gasteiger partial charge in [0.2, 0.25) is 0 Å². The molecule has 2 aromatic rings. The molecule has 0 saturated heterocycles. The predicted octanol–water partition coefficient (Wildman–Crippen LogP) is 3.12. The zero-order valence-electron chi connectivity index (χ0n) is 9.56. The summed E-state index contributed by atoms with van der Waals surface area (Å²) < 4.78 is 1.17. The Morgan fingerprint density at radius 1 is 1.41 bits per heavy atom. The number of rotatable bonds is 4. The lowest BCUT2D eigenvalue weighted by Gasteiger charge is -2.15. The van der Waals surface area contributed by atoms with E-state index in [9.17, 15) is 0 Å². The van der Waals surface area contributed by atoms with Gasteiger partial charge in [0.15, 0.2) is 0 Å². The number of nitrogens with zero attached hydrogens (tertiary/aromatic N) is 2. The molecule has 90 valence electrons. The summed E-state index contributed by atoms with van der Waals surface area (Å²) in [7, 11) is 2.08. The molecule has 0 bridgehead atoms. The maximum atomic E-state index is 5.66. The molecule has 2 rings (SSSR count). The minimum Gasteiger partial charge on any atom is -0.384 e. The topological polar surface area (TPSA) is 42.1 Å². The van der Waals surface area contributed by atoms with Crippen LogP contribution in [0.4, 0.5) is 5.82 Å². The molecule has 2 aromatic heterocycles. The standard InChI is InChI=1S/C12H14BrN3S/c1-16(6-9-5-11(13)17-8-9)7-10-3-2-4-12(14)15-10/h2-5,8H,6-7H2,1H3,(H2,14,15). The van der Waals surface area contributed by atoms with Gasteiger partial charge in [-0.2, -0.15) is 0 Å². The molecule has 0 unspecified atom stereocenters. The maximum Gasteiger partial charge on any atom is 0.123 e. The van der Waals surface area contributed by atoms with E-state index >= 15 is 0 Å². The number of anilines is 1. The van der Waals surface area contributed by atoms with Crippen molar-refractivity contribution in [1.29, 1.82) is 0 Å². The Labute approximate surface area is 113 Å². The summed E-state index contributed by atoms with van der Waals surface area (Å²) in [6, 6.07) is 7.89. The molecule has 0 amide bonds. The van der Waals surface area contributed by atoms with E-state index in [0.29, 0.717) is 5.82 Å². The molecule has 0 aliphatic heterocycles. The monoisotopic (exact) mass is 311 g/mol. The number of hydrogen-bond donors (Lipinski definition) is 1. The zero-order valence-corrected chi connectivity index (χ0v) is 12.0. The Bertz CT molecular complexity index is 498. The Kier molecular flexibility index (Phi) is 4.15. The van der Waals surface area contributed by atoms with Crippen LogP contribution in [0.2, 0.25) is 0 Å².